The number of hydrogen-bond donors (Lipinski definition) is 1. The van der Waals surface area contributed by atoms with Gasteiger partial charge in [-0.15, -0.1) is 0 Å². The van der Waals surface area contributed by atoms with Crippen LogP contribution in [-0.2, 0) is 0 Å². The smallest absolute Gasteiger partial charge is 0.257 e. The van der Waals surface area contributed by atoms with Gasteiger partial charge in [-0.05, 0) is 42.5 Å². The van der Waals surface area contributed by atoms with E-state index in [9.17, 15) is 4.79 Å². The first kappa shape index (κ1) is 15.4. The van der Waals surface area contributed by atoms with Crippen molar-refractivity contribution in [3.63, 3.8) is 0 Å². The summed E-state index contributed by atoms with van der Waals surface area (Å²) in [6, 6.07) is 22.6. The van der Waals surface area contributed by atoms with E-state index in [0.29, 0.717) is 16.3 Å². The monoisotopic (exact) mass is 347 g/mol. The maximum absolute atomic E-state index is 12.4. The molecule has 4 nitrogen and oxygen atoms in total. The molecule has 1 amide bonds. The summed E-state index contributed by atoms with van der Waals surface area (Å²) in [7, 11) is 0. The first-order valence-corrected chi connectivity index (χ1v) is 8.18. The van der Waals surface area contributed by atoms with E-state index in [0.717, 1.165) is 16.7 Å². The standard InChI is InChI=1S/C20H14ClN3O/c21-17-9-5-4-8-16(17)20(25)23-14-10-11-19-18(12-14)22-13-24(19)15-6-2-1-3-7-15/h1-13H,(H,23,25). The fourth-order valence-corrected chi connectivity index (χ4v) is 2.95. The zero-order valence-electron chi connectivity index (χ0n) is 13.2. The zero-order chi connectivity index (χ0) is 17.2. The fraction of sp³-hybridized carbons (Fsp3) is 0. The van der Waals surface area contributed by atoms with E-state index in [1.807, 2.05) is 53.1 Å². The van der Waals surface area contributed by atoms with E-state index in [2.05, 4.69) is 10.3 Å². The fourth-order valence-electron chi connectivity index (χ4n) is 2.73. The van der Waals surface area contributed by atoms with Gasteiger partial charge < -0.3 is 5.32 Å². The molecule has 0 fully saturated rings. The molecule has 0 aliphatic carbocycles. The molecule has 25 heavy (non-hydrogen) atoms. The Morgan fingerprint density at radius 3 is 2.52 bits per heavy atom. The highest BCUT2D eigenvalue weighted by Gasteiger charge is 2.11. The highest BCUT2D eigenvalue weighted by atomic mass is 35.5. The van der Waals surface area contributed by atoms with Crippen molar-refractivity contribution in [3.8, 4) is 5.69 Å². The third kappa shape index (κ3) is 2.99. The number of hydrogen-bond acceptors (Lipinski definition) is 2. The Morgan fingerprint density at radius 2 is 1.72 bits per heavy atom. The molecule has 0 atom stereocenters. The molecule has 0 aliphatic heterocycles. The van der Waals surface area contributed by atoms with Crippen LogP contribution in [0.15, 0.2) is 79.1 Å². The van der Waals surface area contributed by atoms with Crippen molar-refractivity contribution in [3.05, 3.63) is 89.7 Å². The predicted molar refractivity (Wildman–Crippen MR) is 100 cm³/mol. The number of carbonyl (C=O) groups is 1. The van der Waals surface area contributed by atoms with Gasteiger partial charge in [0.25, 0.3) is 5.91 Å². The molecule has 0 radical (unpaired) electrons. The second-order valence-electron chi connectivity index (χ2n) is 5.59. The van der Waals surface area contributed by atoms with Crippen molar-refractivity contribution < 1.29 is 4.79 Å². The number of para-hydroxylation sites is 1. The number of rotatable bonds is 3. The summed E-state index contributed by atoms with van der Waals surface area (Å²) < 4.78 is 2.01. The Hall–Kier alpha value is -3.11. The van der Waals surface area contributed by atoms with Gasteiger partial charge in [0.1, 0.15) is 6.33 Å². The molecule has 3 aromatic carbocycles. The summed E-state index contributed by atoms with van der Waals surface area (Å²) in [5, 5.41) is 3.29. The second kappa shape index (κ2) is 6.42. The highest BCUT2D eigenvalue weighted by Crippen LogP contribution is 2.23. The molecular weight excluding hydrogens is 334 g/mol. The Morgan fingerprint density at radius 1 is 0.960 bits per heavy atom. The molecule has 1 aromatic heterocycles. The van der Waals surface area contributed by atoms with Gasteiger partial charge in [0.2, 0.25) is 0 Å². The van der Waals surface area contributed by atoms with Crippen LogP contribution < -0.4 is 5.32 Å². The quantitative estimate of drug-likeness (QED) is 0.571. The van der Waals surface area contributed by atoms with Gasteiger partial charge in [-0.2, -0.15) is 0 Å². The number of anilines is 1. The van der Waals surface area contributed by atoms with Crippen LogP contribution in [0.25, 0.3) is 16.7 Å². The van der Waals surface area contributed by atoms with Crippen LogP contribution in [0.4, 0.5) is 5.69 Å². The SMILES string of the molecule is O=C(Nc1ccc2c(c1)ncn2-c1ccccc1)c1ccccc1Cl. The number of nitrogens with zero attached hydrogens (tertiary/aromatic N) is 2. The van der Waals surface area contributed by atoms with Crippen LogP contribution in [0.2, 0.25) is 5.02 Å². The Kier molecular flexibility index (Phi) is 3.96. The summed E-state index contributed by atoms with van der Waals surface area (Å²) in [5.74, 6) is -0.243. The molecule has 0 unspecified atom stereocenters. The van der Waals surface area contributed by atoms with Crippen LogP contribution in [0, 0.1) is 0 Å². The third-order valence-corrected chi connectivity index (χ3v) is 4.29. The Balaban J connectivity index is 1.65. The van der Waals surface area contributed by atoms with Gasteiger partial charge in [-0.3, -0.25) is 9.36 Å². The number of carbonyl (C=O) groups excluding carboxylic acids is 1. The van der Waals surface area contributed by atoms with E-state index in [-0.39, 0.29) is 5.91 Å². The van der Waals surface area contributed by atoms with Crippen molar-refractivity contribution in [2.24, 2.45) is 0 Å². The number of aromatic nitrogens is 2. The summed E-state index contributed by atoms with van der Waals surface area (Å²) in [5.41, 5.74) is 3.94. The van der Waals surface area contributed by atoms with Crippen LogP contribution in [0.1, 0.15) is 10.4 Å². The number of imidazole rings is 1. The van der Waals surface area contributed by atoms with E-state index < -0.39 is 0 Å². The highest BCUT2D eigenvalue weighted by molar-refractivity contribution is 6.34. The second-order valence-corrected chi connectivity index (χ2v) is 5.99. The summed E-state index contributed by atoms with van der Waals surface area (Å²) >= 11 is 6.08. The lowest BCUT2D eigenvalue weighted by Gasteiger charge is -2.07. The number of amides is 1. The van der Waals surface area contributed by atoms with Gasteiger partial charge in [0.15, 0.2) is 0 Å². The van der Waals surface area contributed by atoms with Crippen LogP contribution in [-0.4, -0.2) is 15.5 Å². The molecule has 0 aliphatic rings. The number of benzene rings is 3. The summed E-state index contributed by atoms with van der Waals surface area (Å²) in [6.07, 6.45) is 1.78. The molecule has 0 saturated carbocycles. The third-order valence-electron chi connectivity index (χ3n) is 3.96. The first-order chi connectivity index (χ1) is 12.2. The van der Waals surface area contributed by atoms with Gasteiger partial charge >= 0.3 is 0 Å². The molecular formula is C20H14ClN3O. The van der Waals surface area contributed by atoms with Crippen molar-refractivity contribution in [2.45, 2.75) is 0 Å². The van der Waals surface area contributed by atoms with E-state index >= 15 is 0 Å². The molecule has 0 spiro atoms. The zero-order valence-corrected chi connectivity index (χ0v) is 13.9. The van der Waals surface area contributed by atoms with Crippen LogP contribution in [0.3, 0.4) is 0 Å². The van der Waals surface area contributed by atoms with Crippen LogP contribution >= 0.6 is 11.6 Å². The molecule has 0 bridgehead atoms. The average molecular weight is 348 g/mol. The van der Waals surface area contributed by atoms with Crippen molar-refractivity contribution in [1.29, 1.82) is 0 Å². The first-order valence-electron chi connectivity index (χ1n) is 7.81. The van der Waals surface area contributed by atoms with E-state index in [4.69, 9.17) is 11.6 Å². The summed E-state index contributed by atoms with van der Waals surface area (Å²) in [6.45, 7) is 0. The van der Waals surface area contributed by atoms with Crippen LogP contribution in [0.5, 0.6) is 0 Å². The molecule has 1 N–H and O–H groups in total. The normalized spacial score (nSPS) is 10.8. The maximum atomic E-state index is 12.4. The van der Waals surface area contributed by atoms with Gasteiger partial charge in [0.05, 0.1) is 21.6 Å². The minimum absolute atomic E-state index is 0.243. The van der Waals surface area contributed by atoms with E-state index in [1.165, 1.54) is 0 Å². The van der Waals surface area contributed by atoms with Crippen molar-refractivity contribution in [1.82, 2.24) is 9.55 Å². The average Bonchev–Trinajstić information content (AvgIpc) is 3.06. The molecule has 5 heteroatoms. The minimum atomic E-state index is -0.243. The molecule has 122 valence electrons. The summed E-state index contributed by atoms with van der Waals surface area (Å²) in [4.78, 5) is 16.8. The lowest BCUT2D eigenvalue weighted by molar-refractivity contribution is 0.102. The largest absolute Gasteiger partial charge is 0.322 e. The van der Waals surface area contributed by atoms with Gasteiger partial charge in [-0.1, -0.05) is 41.9 Å². The topological polar surface area (TPSA) is 46.9 Å². The number of fused-ring (bicyclic) bond motifs is 1. The number of nitrogens with one attached hydrogen (secondary N) is 1. The molecule has 4 aromatic rings. The number of halogens is 1. The molecule has 0 saturated heterocycles. The minimum Gasteiger partial charge on any atom is -0.322 e. The predicted octanol–water partition coefficient (Wildman–Crippen LogP) is 4.93. The maximum Gasteiger partial charge on any atom is 0.257 e. The Bertz CT molecular complexity index is 1060. The van der Waals surface area contributed by atoms with E-state index in [1.54, 1.807) is 30.6 Å². The lowest BCUT2D eigenvalue weighted by atomic mass is 10.2. The van der Waals surface area contributed by atoms with Crippen molar-refractivity contribution >= 4 is 34.2 Å². The lowest BCUT2D eigenvalue weighted by Crippen LogP contribution is -2.12. The Labute approximate surface area is 149 Å². The van der Waals surface area contributed by atoms with Crippen molar-refractivity contribution in [2.75, 3.05) is 5.32 Å². The molecule has 1 heterocycles. The van der Waals surface area contributed by atoms with Gasteiger partial charge in [0, 0.05) is 11.4 Å². The molecule has 4 rings (SSSR count). The van der Waals surface area contributed by atoms with Gasteiger partial charge in [-0.25, -0.2) is 4.98 Å².